The van der Waals surface area contributed by atoms with Gasteiger partial charge in [-0.05, 0) is 25.5 Å². The fourth-order valence-corrected chi connectivity index (χ4v) is 2.25. The molecule has 0 aliphatic carbocycles. The zero-order valence-corrected chi connectivity index (χ0v) is 12.1. The Labute approximate surface area is 119 Å². The fraction of sp³-hybridized carbons (Fsp3) is 0.417. The average molecular weight is 299 g/mol. The van der Waals surface area contributed by atoms with Gasteiger partial charge in [0.2, 0.25) is 0 Å². The molecule has 0 bridgehead atoms. The number of benzene rings is 1. The zero-order valence-electron chi connectivity index (χ0n) is 11.3. The molecule has 1 aromatic rings. The van der Waals surface area contributed by atoms with Gasteiger partial charge in [-0.15, -0.1) is 0 Å². The number of nitrogens with zero attached hydrogens (tertiary/aromatic N) is 1. The van der Waals surface area contributed by atoms with Crippen LogP contribution < -0.4 is 11.1 Å². The van der Waals surface area contributed by atoms with E-state index in [2.05, 4.69) is 5.32 Å². The molecule has 1 aromatic carbocycles. The Bertz CT molecular complexity index is 548. The quantitative estimate of drug-likeness (QED) is 0.463. The number of nitrogens with one attached hydrogen (secondary N) is 1. The Hall–Kier alpha value is -1.96. The normalized spacial score (nSPS) is 13.5. The molecule has 1 amide bonds. The molecule has 0 spiro atoms. The number of hydrogen-bond donors (Lipinski definition) is 2. The number of nitrogens with two attached hydrogens (primary N) is 1. The van der Waals surface area contributed by atoms with Crippen LogP contribution in [0.5, 0.6) is 0 Å². The summed E-state index contributed by atoms with van der Waals surface area (Å²) in [6.07, 6.45) is 2.17. The molecule has 110 valence electrons. The van der Waals surface area contributed by atoms with Gasteiger partial charge in [0.25, 0.3) is 11.6 Å². The molecule has 0 aromatic heterocycles. The van der Waals surface area contributed by atoms with Crippen LogP contribution in [0, 0.1) is 10.1 Å². The Balaban J connectivity index is 2.75. The van der Waals surface area contributed by atoms with Crippen molar-refractivity contribution in [2.24, 2.45) is 0 Å². The summed E-state index contributed by atoms with van der Waals surface area (Å²) in [5, 5.41) is 13.5. The van der Waals surface area contributed by atoms with Crippen molar-refractivity contribution >= 4 is 28.1 Å². The average Bonchev–Trinajstić information content (AvgIpc) is 2.36. The fourth-order valence-electron chi connectivity index (χ4n) is 1.57. The zero-order chi connectivity index (χ0) is 15.3. The molecular weight excluding hydrogens is 282 g/mol. The predicted molar refractivity (Wildman–Crippen MR) is 78.0 cm³/mol. The van der Waals surface area contributed by atoms with Gasteiger partial charge in [-0.2, -0.15) is 0 Å². The second-order valence-electron chi connectivity index (χ2n) is 4.47. The van der Waals surface area contributed by atoms with Crippen LogP contribution in [0.3, 0.4) is 0 Å². The maximum atomic E-state index is 11.9. The van der Waals surface area contributed by atoms with E-state index in [0.717, 1.165) is 6.07 Å². The number of nitro benzene ring substituents is 1. The van der Waals surface area contributed by atoms with E-state index >= 15 is 0 Å². The monoisotopic (exact) mass is 299 g/mol. The van der Waals surface area contributed by atoms with Crippen molar-refractivity contribution in [3.63, 3.8) is 0 Å². The topological polar surface area (TPSA) is 115 Å². The summed E-state index contributed by atoms with van der Waals surface area (Å²) in [5.74, 6) is 0.0751. The third kappa shape index (κ3) is 4.61. The van der Waals surface area contributed by atoms with Crippen molar-refractivity contribution < 1.29 is 13.9 Å². The van der Waals surface area contributed by atoms with Gasteiger partial charge in [0, 0.05) is 40.5 Å². The number of nitrogen functional groups attached to an aromatic ring is 1. The highest BCUT2D eigenvalue weighted by atomic mass is 32.2. The molecule has 3 N–H and O–H groups in total. The van der Waals surface area contributed by atoms with E-state index < -0.39 is 21.6 Å². The maximum Gasteiger partial charge on any atom is 0.292 e. The second kappa shape index (κ2) is 6.99. The highest BCUT2D eigenvalue weighted by Gasteiger charge is 2.16. The molecule has 0 saturated carbocycles. The first-order valence-corrected chi connectivity index (χ1v) is 7.68. The smallest absolute Gasteiger partial charge is 0.292 e. The van der Waals surface area contributed by atoms with Crippen LogP contribution in [-0.2, 0) is 10.8 Å². The van der Waals surface area contributed by atoms with Crippen LogP contribution >= 0.6 is 0 Å². The van der Waals surface area contributed by atoms with Crippen molar-refractivity contribution in [2.45, 2.75) is 19.4 Å². The van der Waals surface area contributed by atoms with E-state index in [9.17, 15) is 19.1 Å². The van der Waals surface area contributed by atoms with Gasteiger partial charge in [0.1, 0.15) is 5.69 Å². The molecule has 0 aliphatic heterocycles. The first-order valence-electron chi connectivity index (χ1n) is 5.96. The third-order valence-electron chi connectivity index (χ3n) is 2.71. The summed E-state index contributed by atoms with van der Waals surface area (Å²) < 4.78 is 11.0. The first-order chi connectivity index (χ1) is 9.31. The number of carbonyl (C=O) groups is 1. The highest BCUT2D eigenvalue weighted by molar-refractivity contribution is 7.84. The number of carbonyl (C=O) groups excluding carboxylic acids is 1. The van der Waals surface area contributed by atoms with Crippen LogP contribution in [0.2, 0.25) is 0 Å². The molecule has 0 aliphatic rings. The van der Waals surface area contributed by atoms with E-state index in [0.29, 0.717) is 12.2 Å². The lowest BCUT2D eigenvalue weighted by Crippen LogP contribution is -2.33. The van der Waals surface area contributed by atoms with Crippen LogP contribution in [0.15, 0.2) is 18.2 Å². The summed E-state index contributed by atoms with van der Waals surface area (Å²) >= 11 is 0. The van der Waals surface area contributed by atoms with Gasteiger partial charge in [-0.25, -0.2) is 0 Å². The molecule has 8 heteroatoms. The van der Waals surface area contributed by atoms with Crippen molar-refractivity contribution in [3.8, 4) is 0 Å². The van der Waals surface area contributed by atoms with Crippen LogP contribution in [0.1, 0.15) is 23.7 Å². The van der Waals surface area contributed by atoms with Gasteiger partial charge in [0.15, 0.2) is 0 Å². The van der Waals surface area contributed by atoms with Gasteiger partial charge >= 0.3 is 0 Å². The van der Waals surface area contributed by atoms with E-state index in [-0.39, 0.29) is 23.0 Å². The van der Waals surface area contributed by atoms with Gasteiger partial charge in [-0.1, -0.05) is 0 Å². The molecule has 7 nitrogen and oxygen atoms in total. The lowest BCUT2D eigenvalue weighted by Gasteiger charge is -2.13. The molecule has 2 unspecified atom stereocenters. The van der Waals surface area contributed by atoms with Crippen LogP contribution in [0.25, 0.3) is 0 Å². The van der Waals surface area contributed by atoms with Crippen LogP contribution in [0.4, 0.5) is 11.4 Å². The second-order valence-corrected chi connectivity index (χ2v) is 6.03. The Morgan fingerprint density at radius 3 is 2.75 bits per heavy atom. The predicted octanol–water partition coefficient (Wildman–Crippen LogP) is 1.06. The number of anilines is 1. The van der Waals surface area contributed by atoms with E-state index in [4.69, 9.17) is 5.73 Å². The van der Waals surface area contributed by atoms with Crippen LogP contribution in [-0.4, -0.2) is 33.1 Å². The van der Waals surface area contributed by atoms with E-state index in [1.54, 1.807) is 13.2 Å². The molecule has 0 fully saturated rings. The highest BCUT2D eigenvalue weighted by Crippen LogP contribution is 2.22. The lowest BCUT2D eigenvalue weighted by molar-refractivity contribution is -0.383. The number of rotatable bonds is 6. The summed E-state index contributed by atoms with van der Waals surface area (Å²) in [6.45, 7) is 1.79. The third-order valence-corrected chi connectivity index (χ3v) is 3.52. The van der Waals surface area contributed by atoms with Gasteiger partial charge < -0.3 is 11.1 Å². The molecule has 0 radical (unpaired) electrons. The lowest BCUT2D eigenvalue weighted by atomic mass is 10.1. The van der Waals surface area contributed by atoms with E-state index in [1.807, 2.05) is 0 Å². The molecule has 1 rings (SSSR count). The van der Waals surface area contributed by atoms with E-state index in [1.165, 1.54) is 12.1 Å². The molecule has 0 saturated heterocycles. The molecule has 0 heterocycles. The summed E-state index contributed by atoms with van der Waals surface area (Å²) in [4.78, 5) is 22.1. The maximum absolute atomic E-state index is 11.9. The minimum Gasteiger partial charge on any atom is -0.393 e. The largest absolute Gasteiger partial charge is 0.393 e. The Morgan fingerprint density at radius 2 is 2.20 bits per heavy atom. The summed E-state index contributed by atoms with van der Waals surface area (Å²) in [7, 11) is -0.916. The number of nitro groups is 1. The minimum absolute atomic E-state index is 0.0148. The number of hydrogen-bond acceptors (Lipinski definition) is 5. The molecule has 20 heavy (non-hydrogen) atoms. The molecular formula is C12H17N3O4S. The van der Waals surface area contributed by atoms with Crippen molar-refractivity contribution in [1.82, 2.24) is 5.32 Å². The Morgan fingerprint density at radius 1 is 1.55 bits per heavy atom. The SMILES string of the molecule is CC(CCS(C)=O)NC(=O)c1ccc(N)c([N+](=O)[O-])c1. The molecule has 2 atom stereocenters. The van der Waals surface area contributed by atoms with Crippen molar-refractivity contribution in [3.05, 3.63) is 33.9 Å². The van der Waals surface area contributed by atoms with Gasteiger partial charge in [0.05, 0.1) is 4.92 Å². The van der Waals surface area contributed by atoms with Crippen molar-refractivity contribution in [1.29, 1.82) is 0 Å². The standard InChI is InChI=1S/C12H17N3O4S/c1-8(5-6-20(2)19)14-12(16)9-3-4-10(13)11(7-9)15(17)18/h3-4,7-8H,5-6,13H2,1-2H3,(H,14,16). The Kier molecular flexibility index (Phi) is 5.63. The summed E-state index contributed by atoms with van der Waals surface area (Å²) in [5.41, 5.74) is 5.36. The first kappa shape index (κ1) is 16.1. The summed E-state index contributed by atoms with van der Waals surface area (Å²) in [6, 6.07) is 3.75. The minimum atomic E-state index is -0.916. The van der Waals surface area contributed by atoms with Gasteiger partial charge in [-0.3, -0.25) is 19.1 Å². The van der Waals surface area contributed by atoms with Crippen molar-refractivity contribution in [2.75, 3.05) is 17.7 Å². The number of amides is 1.